The van der Waals surface area contributed by atoms with Crippen molar-refractivity contribution in [2.75, 3.05) is 13.1 Å². The van der Waals surface area contributed by atoms with Crippen molar-refractivity contribution in [3.05, 3.63) is 28.8 Å². The van der Waals surface area contributed by atoms with Gasteiger partial charge in [-0.05, 0) is 43.6 Å². The van der Waals surface area contributed by atoms with E-state index in [9.17, 15) is 9.90 Å². The Balaban J connectivity index is 1.91. The van der Waals surface area contributed by atoms with Gasteiger partial charge >= 0.3 is 5.97 Å². The molecule has 0 aliphatic carbocycles. The molecular weight excluding hydrogens is 254 g/mol. The summed E-state index contributed by atoms with van der Waals surface area (Å²) in [5.41, 5.74) is 1.03. The molecule has 2 rings (SSSR count). The molecule has 18 heavy (non-hydrogen) atoms. The van der Waals surface area contributed by atoms with E-state index in [1.165, 1.54) is 0 Å². The average molecular weight is 270 g/mol. The van der Waals surface area contributed by atoms with Crippen LogP contribution in [-0.4, -0.2) is 34.2 Å². The normalized spacial score (nSPS) is 17.8. The van der Waals surface area contributed by atoms with Crippen molar-refractivity contribution in [2.24, 2.45) is 5.92 Å². The first-order chi connectivity index (χ1) is 8.56. The minimum absolute atomic E-state index is 0.0880. The molecule has 1 aromatic rings. The maximum absolute atomic E-state index is 10.8. The molecule has 1 saturated heterocycles. The molecule has 5 heteroatoms. The molecule has 1 fully saturated rings. The van der Waals surface area contributed by atoms with Crippen LogP contribution in [-0.2, 0) is 11.3 Å². The molecule has 0 spiro atoms. The summed E-state index contributed by atoms with van der Waals surface area (Å²) in [5, 5.41) is 18.6. The summed E-state index contributed by atoms with van der Waals surface area (Å²) < 4.78 is 0. The fourth-order valence-corrected chi connectivity index (χ4v) is 2.45. The molecule has 0 bridgehead atoms. The average Bonchev–Trinajstić information content (AvgIpc) is 2.34. The summed E-state index contributed by atoms with van der Waals surface area (Å²) in [6.45, 7) is 2.32. The summed E-state index contributed by atoms with van der Waals surface area (Å²) in [5.74, 6) is -0.808. The minimum Gasteiger partial charge on any atom is -0.506 e. The first-order valence-corrected chi connectivity index (χ1v) is 6.36. The molecule has 0 radical (unpaired) electrons. The van der Waals surface area contributed by atoms with Crippen LogP contribution in [0.1, 0.15) is 18.4 Å². The molecule has 1 heterocycles. The Kier molecular flexibility index (Phi) is 4.09. The van der Waals surface area contributed by atoms with Crippen LogP contribution < -0.4 is 0 Å². The molecule has 1 aliphatic rings. The summed E-state index contributed by atoms with van der Waals surface area (Å²) in [6, 6.07) is 5.17. The van der Waals surface area contributed by atoms with Crippen molar-refractivity contribution in [1.82, 2.24) is 4.90 Å². The number of benzene rings is 1. The van der Waals surface area contributed by atoms with Crippen LogP contribution in [0.25, 0.3) is 0 Å². The largest absolute Gasteiger partial charge is 0.506 e. The number of aromatic hydroxyl groups is 1. The van der Waals surface area contributed by atoms with E-state index < -0.39 is 5.97 Å². The van der Waals surface area contributed by atoms with Gasteiger partial charge in [0.05, 0.1) is 10.9 Å². The molecule has 98 valence electrons. The van der Waals surface area contributed by atoms with Gasteiger partial charge in [-0.15, -0.1) is 0 Å². The van der Waals surface area contributed by atoms with Gasteiger partial charge < -0.3 is 10.2 Å². The van der Waals surface area contributed by atoms with E-state index in [4.69, 9.17) is 16.7 Å². The lowest BCUT2D eigenvalue weighted by Crippen LogP contribution is -2.35. The monoisotopic (exact) mass is 269 g/mol. The number of nitrogens with zero attached hydrogens (tertiary/aromatic N) is 1. The Morgan fingerprint density at radius 2 is 2.06 bits per heavy atom. The van der Waals surface area contributed by atoms with Crippen molar-refractivity contribution >= 4 is 17.6 Å². The number of likely N-dealkylation sites (tertiary alicyclic amines) is 1. The van der Waals surface area contributed by atoms with Crippen LogP contribution in [0.5, 0.6) is 5.75 Å². The topological polar surface area (TPSA) is 60.8 Å². The lowest BCUT2D eigenvalue weighted by molar-refractivity contribution is -0.143. The quantitative estimate of drug-likeness (QED) is 0.884. The first kappa shape index (κ1) is 13.2. The number of phenolic OH excluding ortho intramolecular Hbond substituents is 1. The number of aliphatic carboxylic acids is 1. The number of halogens is 1. The molecule has 0 atom stereocenters. The highest BCUT2D eigenvalue weighted by atomic mass is 35.5. The Labute approximate surface area is 111 Å². The second kappa shape index (κ2) is 5.59. The Morgan fingerprint density at radius 1 is 1.39 bits per heavy atom. The first-order valence-electron chi connectivity index (χ1n) is 5.99. The van der Waals surface area contributed by atoms with Gasteiger partial charge in [0.2, 0.25) is 0 Å². The van der Waals surface area contributed by atoms with Crippen molar-refractivity contribution < 1.29 is 15.0 Å². The fraction of sp³-hybridized carbons (Fsp3) is 0.462. The number of hydrogen-bond donors (Lipinski definition) is 2. The fourth-order valence-electron chi connectivity index (χ4n) is 2.24. The van der Waals surface area contributed by atoms with Gasteiger partial charge in [0, 0.05) is 6.54 Å². The van der Waals surface area contributed by atoms with Crippen molar-refractivity contribution in [1.29, 1.82) is 0 Å². The van der Waals surface area contributed by atoms with E-state index in [2.05, 4.69) is 4.90 Å². The molecule has 0 saturated carbocycles. The SMILES string of the molecule is O=C(O)C1CCN(Cc2ccc(O)c(Cl)c2)CC1. The van der Waals surface area contributed by atoms with Gasteiger partial charge in [0.1, 0.15) is 5.75 Å². The van der Waals surface area contributed by atoms with Gasteiger partial charge in [-0.3, -0.25) is 9.69 Å². The van der Waals surface area contributed by atoms with Gasteiger partial charge in [-0.2, -0.15) is 0 Å². The molecule has 1 aliphatic heterocycles. The minimum atomic E-state index is -0.692. The third-order valence-electron chi connectivity index (χ3n) is 3.36. The summed E-state index contributed by atoms with van der Waals surface area (Å²) in [7, 11) is 0. The zero-order valence-corrected chi connectivity index (χ0v) is 10.7. The predicted octanol–water partition coefficient (Wildman–Crippen LogP) is 2.34. The predicted molar refractivity (Wildman–Crippen MR) is 68.8 cm³/mol. The number of piperidine rings is 1. The maximum atomic E-state index is 10.8. The zero-order valence-electron chi connectivity index (χ0n) is 9.97. The van der Waals surface area contributed by atoms with Crippen LogP contribution in [0.3, 0.4) is 0 Å². The van der Waals surface area contributed by atoms with Crippen LogP contribution >= 0.6 is 11.6 Å². The van der Waals surface area contributed by atoms with Gasteiger partial charge in [-0.25, -0.2) is 0 Å². The van der Waals surface area contributed by atoms with E-state index in [0.717, 1.165) is 25.2 Å². The molecule has 0 amide bonds. The lowest BCUT2D eigenvalue weighted by Gasteiger charge is -2.30. The van der Waals surface area contributed by atoms with Crippen molar-refractivity contribution in [3.63, 3.8) is 0 Å². The van der Waals surface area contributed by atoms with Crippen LogP contribution in [0.2, 0.25) is 5.02 Å². The molecule has 2 N–H and O–H groups in total. The molecule has 0 unspecified atom stereocenters. The van der Waals surface area contributed by atoms with Gasteiger partial charge in [-0.1, -0.05) is 17.7 Å². The lowest BCUT2D eigenvalue weighted by atomic mass is 9.97. The van der Waals surface area contributed by atoms with Crippen molar-refractivity contribution in [2.45, 2.75) is 19.4 Å². The summed E-state index contributed by atoms with van der Waals surface area (Å²) >= 11 is 5.85. The second-order valence-corrected chi connectivity index (χ2v) is 5.08. The molecule has 4 nitrogen and oxygen atoms in total. The maximum Gasteiger partial charge on any atom is 0.306 e. The molecule has 0 aromatic heterocycles. The highest BCUT2D eigenvalue weighted by Crippen LogP contribution is 2.25. The van der Waals surface area contributed by atoms with Gasteiger partial charge in [0.15, 0.2) is 0 Å². The van der Waals surface area contributed by atoms with Crippen LogP contribution in [0.15, 0.2) is 18.2 Å². The van der Waals surface area contributed by atoms with Crippen molar-refractivity contribution in [3.8, 4) is 5.75 Å². The van der Waals surface area contributed by atoms with E-state index in [1.807, 2.05) is 6.07 Å². The Hall–Kier alpha value is -1.26. The highest BCUT2D eigenvalue weighted by Gasteiger charge is 2.24. The second-order valence-electron chi connectivity index (χ2n) is 4.67. The Morgan fingerprint density at radius 3 is 2.61 bits per heavy atom. The number of carboxylic acid groups (broad SMARTS) is 1. The van der Waals surface area contributed by atoms with Gasteiger partial charge in [0.25, 0.3) is 0 Å². The van der Waals surface area contributed by atoms with E-state index in [1.54, 1.807) is 12.1 Å². The number of carbonyl (C=O) groups is 1. The number of rotatable bonds is 3. The van der Waals surface area contributed by atoms with E-state index in [0.29, 0.717) is 17.9 Å². The Bertz CT molecular complexity index is 442. The third kappa shape index (κ3) is 3.15. The zero-order chi connectivity index (χ0) is 13.1. The smallest absolute Gasteiger partial charge is 0.306 e. The number of phenols is 1. The van der Waals surface area contributed by atoms with E-state index in [-0.39, 0.29) is 11.7 Å². The molecular formula is C13H16ClNO3. The van der Waals surface area contributed by atoms with Crippen LogP contribution in [0.4, 0.5) is 0 Å². The standard InChI is InChI=1S/C13H16ClNO3/c14-11-7-9(1-2-12(11)16)8-15-5-3-10(4-6-15)13(17)18/h1-2,7,10,16H,3-6,8H2,(H,17,18). The number of carboxylic acids is 1. The van der Waals surface area contributed by atoms with Crippen LogP contribution in [0, 0.1) is 5.92 Å². The van der Waals surface area contributed by atoms with E-state index >= 15 is 0 Å². The summed E-state index contributed by atoms with van der Waals surface area (Å²) in [6.07, 6.45) is 1.39. The molecule has 1 aromatic carbocycles. The highest BCUT2D eigenvalue weighted by molar-refractivity contribution is 6.32. The third-order valence-corrected chi connectivity index (χ3v) is 3.66. The number of hydrogen-bond acceptors (Lipinski definition) is 3. The summed E-state index contributed by atoms with van der Waals surface area (Å²) in [4.78, 5) is 13.0.